The van der Waals surface area contributed by atoms with Crippen LogP contribution in [0.15, 0.2) is 58.8 Å². The Kier molecular flexibility index (Phi) is 14.6. The molecule has 0 amide bonds. The highest BCUT2D eigenvalue weighted by Gasteiger charge is 2.95. The number of rotatable bonds is 20. The zero-order valence-corrected chi connectivity index (χ0v) is 28.0. The van der Waals surface area contributed by atoms with Crippen molar-refractivity contribution in [3.63, 3.8) is 0 Å². The smallest absolute Gasteiger partial charge is 0.460 e. The van der Waals surface area contributed by atoms with Crippen molar-refractivity contribution in [3.8, 4) is 5.75 Å². The molecule has 0 radical (unpaired) electrons. The normalized spacial score (nSPS) is 14.2. The summed E-state index contributed by atoms with van der Waals surface area (Å²) < 4.78 is 238. The van der Waals surface area contributed by atoms with Crippen molar-refractivity contribution in [1.29, 1.82) is 0 Å². The standard InChI is InChI=1S/C30H26BrF17N2O3/c31-15-4-2-1-3-5-16-52-21-12-10-20(11-13-21)50-49-19-8-6-18(7-9-19)22(51)53-17-14-23(32,33)24(34,35)25(36,37)26(38,39)27(40,41)28(42,43)29(44,45)30(46,47)48/h6-13H,1-5,14-17H2. The van der Waals surface area contributed by atoms with Gasteiger partial charge in [0.15, 0.2) is 0 Å². The molecule has 0 aliphatic carbocycles. The number of hydrogen-bond donors (Lipinski definition) is 0. The second-order valence-electron chi connectivity index (χ2n) is 11.1. The maximum atomic E-state index is 14.1. The first-order valence-electron chi connectivity index (χ1n) is 14.8. The van der Waals surface area contributed by atoms with Gasteiger partial charge in [-0.3, -0.25) is 0 Å². The van der Waals surface area contributed by atoms with E-state index in [1.54, 1.807) is 24.3 Å². The average Bonchev–Trinajstić information content (AvgIpc) is 3.06. The van der Waals surface area contributed by atoms with Gasteiger partial charge in [0.2, 0.25) is 0 Å². The Labute approximate surface area is 297 Å². The van der Waals surface area contributed by atoms with E-state index in [-0.39, 0.29) is 5.69 Å². The molecule has 0 fully saturated rings. The first-order chi connectivity index (χ1) is 24.1. The molecule has 2 rings (SSSR count). The van der Waals surface area contributed by atoms with Crippen LogP contribution in [0.2, 0.25) is 0 Å². The summed E-state index contributed by atoms with van der Waals surface area (Å²) in [5.74, 6) is -58.2. The Morgan fingerprint density at radius 3 is 1.42 bits per heavy atom. The number of esters is 1. The fourth-order valence-corrected chi connectivity index (χ4v) is 4.41. The molecule has 5 nitrogen and oxygen atoms in total. The van der Waals surface area contributed by atoms with Gasteiger partial charge >= 0.3 is 53.6 Å². The first kappa shape index (κ1) is 45.8. The third-order valence-electron chi connectivity index (χ3n) is 7.20. The van der Waals surface area contributed by atoms with E-state index in [1.807, 2.05) is 0 Å². The van der Waals surface area contributed by atoms with Crippen molar-refractivity contribution in [2.45, 2.75) is 86.2 Å². The molecule has 300 valence electrons. The lowest BCUT2D eigenvalue weighted by molar-refractivity contribution is -0.461. The van der Waals surface area contributed by atoms with Crippen LogP contribution < -0.4 is 4.74 Å². The Balaban J connectivity index is 2.03. The van der Waals surface area contributed by atoms with Gasteiger partial charge < -0.3 is 9.47 Å². The predicted octanol–water partition coefficient (Wildman–Crippen LogP) is 12.4. The molecule has 0 N–H and O–H groups in total. The van der Waals surface area contributed by atoms with Crippen molar-refractivity contribution >= 4 is 33.3 Å². The van der Waals surface area contributed by atoms with Crippen LogP contribution in [0.5, 0.6) is 5.75 Å². The number of benzene rings is 2. The number of halogens is 18. The summed E-state index contributed by atoms with van der Waals surface area (Å²) in [7, 11) is 0. The van der Waals surface area contributed by atoms with Gasteiger partial charge in [0.1, 0.15) is 5.75 Å². The molecule has 53 heavy (non-hydrogen) atoms. The van der Waals surface area contributed by atoms with Gasteiger partial charge in [-0.1, -0.05) is 35.2 Å². The van der Waals surface area contributed by atoms with Crippen molar-refractivity contribution in [2.75, 3.05) is 18.5 Å². The number of alkyl halides is 18. The molecule has 0 spiro atoms. The molecule has 0 aromatic heterocycles. The predicted molar refractivity (Wildman–Crippen MR) is 155 cm³/mol. The lowest BCUT2D eigenvalue weighted by atomic mass is 9.88. The Bertz CT molecular complexity index is 1520. The van der Waals surface area contributed by atoms with E-state index in [1.165, 1.54) is 0 Å². The Morgan fingerprint density at radius 1 is 0.528 bits per heavy atom. The number of hydrogen-bond acceptors (Lipinski definition) is 5. The van der Waals surface area contributed by atoms with Crippen LogP contribution in [-0.4, -0.2) is 72.1 Å². The zero-order chi connectivity index (χ0) is 40.7. The number of nitrogens with zero attached hydrogens (tertiary/aromatic N) is 2. The van der Waals surface area contributed by atoms with Crippen LogP contribution in [0.4, 0.5) is 86.0 Å². The minimum absolute atomic E-state index is 0.0755. The SMILES string of the molecule is O=C(OCCC(F)(F)C(F)(F)C(F)(F)C(F)(F)C(F)(F)C(F)(F)C(F)(F)C(F)(F)F)c1ccc(N=Nc2ccc(OCCCCCCCBr)cc2)cc1. The van der Waals surface area contributed by atoms with Crippen LogP contribution in [-0.2, 0) is 4.74 Å². The number of unbranched alkanes of at least 4 members (excludes halogenated alkanes) is 4. The van der Waals surface area contributed by atoms with E-state index < -0.39 is 72.2 Å². The summed E-state index contributed by atoms with van der Waals surface area (Å²) in [5.41, 5.74) is -0.104. The number of carbonyl (C=O) groups excluding carboxylic acids is 1. The van der Waals surface area contributed by atoms with E-state index >= 15 is 0 Å². The second kappa shape index (κ2) is 17.0. The van der Waals surface area contributed by atoms with Gasteiger partial charge in [-0.25, -0.2) is 4.79 Å². The summed E-state index contributed by atoms with van der Waals surface area (Å²) in [6.07, 6.45) is -5.59. The zero-order valence-electron chi connectivity index (χ0n) is 26.4. The summed E-state index contributed by atoms with van der Waals surface area (Å²) in [6.45, 7) is -1.55. The van der Waals surface area contributed by atoms with Gasteiger partial charge in [-0.2, -0.15) is 84.9 Å². The summed E-state index contributed by atoms with van der Waals surface area (Å²) >= 11 is 3.36. The lowest BCUT2D eigenvalue weighted by Gasteiger charge is -2.42. The molecule has 0 unspecified atom stereocenters. The van der Waals surface area contributed by atoms with Crippen molar-refractivity contribution in [3.05, 3.63) is 54.1 Å². The molecule has 0 atom stereocenters. The largest absolute Gasteiger partial charge is 0.494 e. The Morgan fingerprint density at radius 2 is 0.943 bits per heavy atom. The van der Waals surface area contributed by atoms with Crippen LogP contribution >= 0.6 is 15.9 Å². The fourth-order valence-electron chi connectivity index (χ4n) is 4.01. The topological polar surface area (TPSA) is 60.2 Å². The van der Waals surface area contributed by atoms with Gasteiger partial charge in [0.05, 0.1) is 36.6 Å². The molecular weight excluding hydrogens is 839 g/mol. The molecule has 2 aromatic carbocycles. The van der Waals surface area contributed by atoms with E-state index in [9.17, 15) is 79.4 Å². The maximum Gasteiger partial charge on any atom is 0.460 e. The van der Waals surface area contributed by atoms with Crippen molar-refractivity contribution in [1.82, 2.24) is 0 Å². The molecule has 0 aliphatic heterocycles. The van der Waals surface area contributed by atoms with E-state index in [0.29, 0.717) is 18.0 Å². The molecule has 0 aliphatic rings. The van der Waals surface area contributed by atoms with Gasteiger partial charge in [0.25, 0.3) is 0 Å². The summed E-state index contributed by atoms with van der Waals surface area (Å²) in [5, 5.41) is 8.72. The molecule has 2 aromatic rings. The van der Waals surface area contributed by atoms with E-state index in [2.05, 4.69) is 30.9 Å². The summed E-state index contributed by atoms with van der Waals surface area (Å²) in [4.78, 5) is 12.1. The Hall–Kier alpha value is -3.40. The molecule has 0 heterocycles. The average molecular weight is 865 g/mol. The lowest BCUT2D eigenvalue weighted by Crippen LogP contribution is -2.74. The quantitative estimate of drug-likeness (QED) is 0.0438. The second-order valence-corrected chi connectivity index (χ2v) is 11.9. The molecule has 0 bridgehead atoms. The molecule has 23 heteroatoms. The summed E-state index contributed by atoms with van der Waals surface area (Å²) in [6, 6.07) is 10.4. The number of carbonyl (C=O) groups is 1. The van der Waals surface area contributed by atoms with Gasteiger partial charge in [-0.15, -0.1) is 0 Å². The minimum atomic E-state index is -8.72. The monoisotopic (exact) mass is 864 g/mol. The maximum absolute atomic E-state index is 14.1. The van der Waals surface area contributed by atoms with Crippen molar-refractivity contribution < 1.29 is 88.9 Å². The van der Waals surface area contributed by atoms with Crippen LogP contribution in [0, 0.1) is 0 Å². The number of azo groups is 1. The van der Waals surface area contributed by atoms with E-state index in [4.69, 9.17) is 4.74 Å². The van der Waals surface area contributed by atoms with Crippen molar-refractivity contribution in [2.24, 2.45) is 10.2 Å². The highest BCUT2D eigenvalue weighted by atomic mass is 79.9. The molecule has 0 saturated heterocycles. The van der Waals surface area contributed by atoms with E-state index in [0.717, 1.165) is 61.7 Å². The van der Waals surface area contributed by atoms with Gasteiger partial charge in [-0.05, 0) is 61.4 Å². The number of ether oxygens (including phenoxy) is 2. The minimum Gasteiger partial charge on any atom is -0.494 e. The highest BCUT2D eigenvalue weighted by molar-refractivity contribution is 9.09. The third-order valence-corrected chi connectivity index (χ3v) is 7.76. The fraction of sp³-hybridized carbons (Fsp3) is 0.567. The third kappa shape index (κ3) is 9.65. The van der Waals surface area contributed by atoms with Crippen LogP contribution in [0.1, 0.15) is 48.9 Å². The first-order valence-corrected chi connectivity index (χ1v) is 15.9. The molecular formula is C30H26BrF17N2O3. The van der Waals surface area contributed by atoms with Crippen LogP contribution in [0.3, 0.4) is 0 Å². The van der Waals surface area contributed by atoms with Crippen LogP contribution in [0.25, 0.3) is 0 Å². The molecule has 0 saturated carbocycles. The van der Waals surface area contributed by atoms with Gasteiger partial charge in [0, 0.05) is 5.33 Å². The highest BCUT2D eigenvalue weighted by Crippen LogP contribution is 2.64.